The second-order valence-electron chi connectivity index (χ2n) is 9.98. The Balaban J connectivity index is 1.44. The number of nitrogens with one attached hydrogen (secondary N) is 1. The number of rotatable bonds is 14. The van der Waals surface area contributed by atoms with Gasteiger partial charge in [0.05, 0.1) is 38.1 Å². The molecule has 1 aliphatic rings. The van der Waals surface area contributed by atoms with Crippen LogP contribution in [0.1, 0.15) is 48.2 Å². The third-order valence-corrected chi connectivity index (χ3v) is 8.36. The molecule has 4 rings (SSSR count). The summed E-state index contributed by atoms with van der Waals surface area (Å²) < 4.78 is 17.4. The van der Waals surface area contributed by atoms with Crippen LogP contribution in [0.4, 0.5) is 16.2 Å². The van der Waals surface area contributed by atoms with E-state index >= 15 is 0 Å². The zero-order valence-corrected chi connectivity index (χ0v) is 28.4. The molecule has 1 aliphatic heterocycles. The molecule has 0 atom stereocenters. The first-order valence-electron chi connectivity index (χ1n) is 14.3. The van der Waals surface area contributed by atoms with Crippen molar-refractivity contribution in [2.75, 3.05) is 25.1 Å². The summed E-state index contributed by atoms with van der Waals surface area (Å²) in [5, 5.41) is 13.0. The highest BCUT2D eigenvalue weighted by molar-refractivity contribution is 9.10. The Bertz CT molecular complexity index is 1730. The van der Waals surface area contributed by atoms with Crippen molar-refractivity contribution in [1.82, 2.24) is 4.90 Å². The molecule has 246 valence electrons. The summed E-state index contributed by atoms with van der Waals surface area (Å²) in [5.74, 6) is -1.19. The van der Waals surface area contributed by atoms with Crippen LogP contribution in [0.25, 0.3) is 6.08 Å². The summed E-state index contributed by atoms with van der Waals surface area (Å²) in [5.41, 5.74) is 1.52. The molecule has 0 unspecified atom stereocenters. The summed E-state index contributed by atoms with van der Waals surface area (Å²) in [6.07, 6.45) is 3.05. The number of non-ortho nitro benzene ring substituents is 1. The third-order valence-electron chi connectivity index (χ3n) is 6.54. The Morgan fingerprint density at radius 2 is 1.83 bits per heavy atom. The molecule has 1 heterocycles. The van der Waals surface area contributed by atoms with Crippen molar-refractivity contribution < 1.29 is 38.3 Å². The Labute approximate surface area is 287 Å². The maximum atomic E-state index is 13.2. The minimum absolute atomic E-state index is 0.0313. The Morgan fingerprint density at radius 1 is 1.09 bits per heavy atom. The number of nitro groups is 1. The number of unbranched alkanes of at least 4 members (excludes halogenated alkanes) is 1. The van der Waals surface area contributed by atoms with Gasteiger partial charge in [-0.3, -0.25) is 29.4 Å². The first-order chi connectivity index (χ1) is 22.5. The van der Waals surface area contributed by atoms with Crippen LogP contribution < -0.4 is 14.8 Å². The average molecular weight is 747 g/mol. The van der Waals surface area contributed by atoms with Gasteiger partial charge in [0, 0.05) is 17.8 Å². The number of nitro benzene ring substituents is 1. The molecule has 0 aromatic heterocycles. The van der Waals surface area contributed by atoms with Crippen LogP contribution in [0.3, 0.4) is 0 Å². The summed E-state index contributed by atoms with van der Waals surface area (Å²) in [6.45, 7) is 3.86. The maximum absolute atomic E-state index is 13.2. The smallest absolute Gasteiger partial charge is 0.339 e. The zero-order valence-electron chi connectivity index (χ0n) is 25.2. The van der Waals surface area contributed by atoms with Crippen molar-refractivity contribution >= 4 is 79.8 Å². The number of carbonyl (C=O) groups is 4. The van der Waals surface area contributed by atoms with Crippen LogP contribution >= 0.6 is 39.3 Å². The zero-order chi connectivity index (χ0) is 34.1. The van der Waals surface area contributed by atoms with Crippen molar-refractivity contribution in [3.05, 3.63) is 95.8 Å². The lowest BCUT2D eigenvalue weighted by Crippen LogP contribution is -2.36. The number of hydrogen-bond donors (Lipinski definition) is 1. The topological polar surface area (TPSA) is 154 Å². The number of thioether (sulfide) groups is 1. The molecule has 15 heteroatoms. The lowest BCUT2D eigenvalue weighted by atomic mass is 10.1. The van der Waals surface area contributed by atoms with E-state index in [1.165, 1.54) is 36.4 Å². The first kappa shape index (κ1) is 35.5. The lowest BCUT2D eigenvalue weighted by Gasteiger charge is -2.15. The number of benzene rings is 3. The van der Waals surface area contributed by atoms with Gasteiger partial charge in [-0.05, 0) is 101 Å². The van der Waals surface area contributed by atoms with E-state index in [0.717, 1.165) is 11.3 Å². The van der Waals surface area contributed by atoms with Crippen LogP contribution in [0.2, 0.25) is 5.02 Å². The molecule has 3 amide bonds. The average Bonchev–Trinajstić information content (AvgIpc) is 3.29. The third kappa shape index (κ3) is 9.33. The van der Waals surface area contributed by atoms with Crippen LogP contribution in [-0.2, 0) is 20.9 Å². The first-order valence-corrected chi connectivity index (χ1v) is 16.3. The van der Waals surface area contributed by atoms with Crippen molar-refractivity contribution in [1.29, 1.82) is 0 Å². The van der Waals surface area contributed by atoms with E-state index in [0.29, 0.717) is 51.9 Å². The van der Waals surface area contributed by atoms with E-state index in [-0.39, 0.29) is 40.1 Å². The van der Waals surface area contributed by atoms with Gasteiger partial charge in [-0.15, -0.1) is 0 Å². The quantitative estimate of drug-likeness (QED) is 0.0573. The van der Waals surface area contributed by atoms with Gasteiger partial charge < -0.3 is 19.5 Å². The number of halogens is 2. The van der Waals surface area contributed by atoms with Gasteiger partial charge in [0.25, 0.3) is 16.8 Å². The summed E-state index contributed by atoms with van der Waals surface area (Å²) >= 11 is 10.3. The maximum Gasteiger partial charge on any atom is 0.339 e. The fraction of sp³-hybridized carbons (Fsp3) is 0.250. The fourth-order valence-corrected chi connectivity index (χ4v) is 5.83. The fourth-order valence-electron chi connectivity index (χ4n) is 4.22. The normalized spacial score (nSPS) is 13.5. The van der Waals surface area contributed by atoms with Crippen LogP contribution in [-0.4, -0.2) is 52.6 Å². The van der Waals surface area contributed by atoms with E-state index in [9.17, 15) is 29.3 Å². The predicted octanol–water partition coefficient (Wildman–Crippen LogP) is 7.62. The summed E-state index contributed by atoms with van der Waals surface area (Å²) in [6, 6.07) is 13.6. The van der Waals surface area contributed by atoms with Crippen LogP contribution in [0.5, 0.6) is 11.5 Å². The number of ether oxygens (including phenoxy) is 3. The monoisotopic (exact) mass is 745 g/mol. The molecule has 0 bridgehead atoms. The highest BCUT2D eigenvalue weighted by atomic mass is 79.9. The van der Waals surface area contributed by atoms with E-state index in [1.807, 2.05) is 6.92 Å². The van der Waals surface area contributed by atoms with Crippen LogP contribution in [0, 0.1) is 10.1 Å². The lowest BCUT2D eigenvalue weighted by molar-refractivity contribution is -0.384. The Kier molecular flexibility index (Phi) is 12.4. The molecule has 0 saturated carbocycles. The number of carbonyl (C=O) groups excluding carboxylic acids is 4. The molecular weight excluding hydrogens is 718 g/mol. The van der Waals surface area contributed by atoms with Gasteiger partial charge >= 0.3 is 5.97 Å². The van der Waals surface area contributed by atoms with E-state index in [1.54, 1.807) is 31.2 Å². The number of esters is 1. The van der Waals surface area contributed by atoms with Crippen LogP contribution in [0.15, 0.2) is 64.0 Å². The SMILES string of the molecule is CCCCOC(=O)c1cc(NC(=O)CN2C(=O)S/C(=C/c3cc(Br)c(OCc4ccc([N+](=O)[O-])cc4)c(OCC)c3)C2=O)ccc1Cl. The van der Waals surface area contributed by atoms with Gasteiger partial charge in [-0.2, -0.15) is 0 Å². The molecule has 0 radical (unpaired) electrons. The second kappa shape index (κ2) is 16.4. The van der Waals surface area contributed by atoms with Gasteiger partial charge in [-0.1, -0.05) is 24.9 Å². The van der Waals surface area contributed by atoms with E-state index in [2.05, 4.69) is 21.2 Å². The summed E-state index contributed by atoms with van der Waals surface area (Å²) in [4.78, 5) is 62.4. The highest BCUT2D eigenvalue weighted by Gasteiger charge is 2.36. The summed E-state index contributed by atoms with van der Waals surface area (Å²) in [7, 11) is 0. The molecule has 3 aromatic rings. The largest absolute Gasteiger partial charge is 0.490 e. The van der Waals surface area contributed by atoms with Gasteiger partial charge in [0.2, 0.25) is 5.91 Å². The number of imide groups is 1. The molecule has 12 nitrogen and oxygen atoms in total. The molecule has 1 N–H and O–H groups in total. The van der Waals surface area contributed by atoms with Crippen molar-refractivity contribution in [2.45, 2.75) is 33.3 Å². The standard InChI is InChI=1S/C32H29BrClN3O9S/c1-3-5-12-45-31(40)23-16-21(8-11-25(23)34)35-28(38)17-36-30(39)27(47-32(36)41)15-20-13-24(33)29(26(14-20)44-4-2)46-18-19-6-9-22(10-7-19)37(42)43/h6-11,13-16H,3-5,12,17-18H2,1-2H3,(H,35,38)/b27-15+. The number of amides is 3. The Hall–Kier alpha value is -4.40. The highest BCUT2D eigenvalue weighted by Crippen LogP contribution is 2.40. The molecule has 47 heavy (non-hydrogen) atoms. The second-order valence-corrected chi connectivity index (χ2v) is 12.2. The van der Waals surface area contributed by atoms with E-state index in [4.69, 9.17) is 25.8 Å². The molecule has 1 saturated heterocycles. The molecule has 1 fully saturated rings. The van der Waals surface area contributed by atoms with Gasteiger partial charge in [0.15, 0.2) is 11.5 Å². The minimum Gasteiger partial charge on any atom is -0.490 e. The van der Waals surface area contributed by atoms with Crippen molar-refractivity contribution in [2.24, 2.45) is 0 Å². The number of nitrogens with zero attached hydrogens (tertiary/aromatic N) is 2. The Morgan fingerprint density at radius 3 is 2.51 bits per heavy atom. The minimum atomic E-state index is -0.655. The predicted molar refractivity (Wildman–Crippen MR) is 181 cm³/mol. The van der Waals surface area contributed by atoms with E-state index < -0.39 is 34.5 Å². The number of anilines is 1. The molecule has 0 aliphatic carbocycles. The molecule has 0 spiro atoms. The molecular formula is C32H29BrClN3O9S. The number of hydrogen-bond acceptors (Lipinski definition) is 10. The van der Waals surface area contributed by atoms with Gasteiger partial charge in [0.1, 0.15) is 13.2 Å². The van der Waals surface area contributed by atoms with Crippen molar-refractivity contribution in [3.8, 4) is 11.5 Å². The molecule has 3 aromatic carbocycles. The van der Waals surface area contributed by atoms with Gasteiger partial charge in [-0.25, -0.2) is 4.79 Å². The van der Waals surface area contributed by atoms with Crippen molar-refractivity contribution in [3.63, 3.8) is 0 Å².